The maximum Gasteiger partial charge on any atom is 0.262 e. The highest BCUT2D eigenvalue weighted by molar-refractivity contribution is 5.92. The van der Waals surface area contributed by atoms with Crippen LogP contribution in [0.25, 0.3) is 33.3 Å². The number of nitrogens with zero attached hydrogens (tertiary/aromatic N) is 1. The molecule has 0 bridgehead atoms. The molecule has 34 heavy (non-hydrogen) atoms. The first-order valence-corrected chi connectivity index (χ1v) is 11.5. The monoisotopic (exact) mass is 450 g/mol. The first-order chi connectivity index (χ1) is 16.6. The molecule has 0 aliphatic carbocycles. The van der Waals surface area contributed by atoms with E-state index in [0.29, 0.717) is 23.2 Å². The number of carbonyl (C=O) groups is 1. The van der Waals surface area contributed by atoms with Gasteiger partial charge in [-0.2, -0.15) is 0 Å². The quantitative estimate of drug-likeness (QED) is 0.285. The largest absolute Gasteiger partial charge is 0.484 e. The standard InChI is InChI=1S/C29H26N2O3/c1-3-19(2)21-12-14-27-26(17-21)31-29(34-27)23-9-6-10-24(15-23)30-28(32)18-33-25-13-11-20-7-4-5-8-22(20)16-25/h4-17,19H,3,18H2,1-2H3,(H,30,32). The number of fused-ring (bicyclic) bond motifs is 2. The van der Waals surface area contributed by atoms with Crippen LogP contribution >= 0.6 is 0 Å². The molecule has 5 nitrogen and oxygen atoms in total. The number of benzene rings is 4. The fourth-order valence-electron chi connectivity index (χ4n) is 3.94. The van der Waals surface area contributed by atoms with Crippen LogP contribution in [-0.2, 0) is 4.79 Å². The molecule has 1 atom stereocenters. The van der Waals surface area contributed by atoms with Gasteiger partial charge in [-0.1, -0.05) is 56.3 Å². The van der Waals surface area contributed by atoms with Crippen molar-refractivity contribution >= 4 is 33.5 Å². The van der Waals surface area contributed by atoms with Crippen molar-refractivity contribution in [2.45, 2.75) is 26.2 Å². The maximum absolute atomic E-state index is 12.5. The third-order valence-electron chi connectivity index (χ3n) is 6.08. The number of amides is 1. The highest BCUT2D eigenvalue weighted by Crippen LogP contribution is 2.29. The molecule has 0 fully saturated rings. The summed E-state index contributed by atoms with van der Waals surface area (Å²) in [5.74, 6) is 1.42. The lowest BCUT2D eigenvalue weighted by Gasteiger charge is -2.09. The lowest BCUT2D eigenvalue weighted by Crippen LogP contribution is -2.20. The number of anilines is 1. The predicted octanol–water partition coefficient (Wildman–Crippen LogP) is 7.18. The Morgan fingerprint density at radius 3 is 2.68 bits per heavy atom. The van der Waals surface area contributed by atoms with E-state index in [9.17, 15) is 4.79 Å². The van der Waals surface area contributed by atoms with E-state index in [1.807, 2.05) is 72.8 Å². The number of hydrogen-bond acceptors (Lipinski definition) is 4. The van der Waals surface area contributed by atoms with E-state index in [1.165, 1.54) is 5.56 Å². The second kappa shape index (κ2) is 9.40. The average molecular weight is 451 g/mol. The second-order valence-corrected chi connectivity index (χ2v) is 8.48. The normalized spacial score (nSPS) is 12.1. The van der Waals surface area contributed by atoms with E-state index in [4.69, 9.17) is 9.15 Å². The summed E-state index contributed by atoms with van der Waals surface area (Å²) in [7, 11) is 0. The van der Waals surface area contributed by atoms with Crippen molar-refractivity contribution in [3.63, 3.8) is 0 Å². The molecule has 0 saturated carbocycles. The molecule has 5 rings (SSSR count). The van der Waals surface area contributed by atoms with Crippen LogP contribution in [0.4, 0.5) is 5.69 Å². The topological polar surface area (TPSA) is 64.4 Å². The van der Waals surface area contributed by atoms with Crippen molar-refractivity contribution in [2.24, 2.45) is 0 Å². The van der Waals surface area contributed by atoms with E-state index >= 15 is 0 Å². The third kappa shape index (κ3) is 4.64. The van der Waals surface area contributed by atoms with Gasteiger partial charge in [0.15, 0.2) is 12.2 Å². The lowest BCUT2D eigenvalue weighted by molar-refractivity contribution is -0.118. The minimum atomic E-state index is -0.235. The Hall–Kier alpha value is -4.12. The van der Waals surface area contributed by atoms with Crippen molar-refractivity contribution in [3.05, 3.63) is 90.5 Å². The van der Waals surface area contributed by atoms with Gasteiger partial charge in [-0.25, -0.2) is 4.98 Å². The molecule has 0 radical (unpaired) electrons. The molecule has 5 aromatic rings. The predicted molar refractivity (Wildman–Crippen MR) is 136 cm³/mol. The molecular formula is C29H26N2O3. The van der Waals surface area contributed by atoms with Gasteiger partial charge in [0.05, 0.1) is 0 Å². The Bertz CT molecular complexity index is 1470. The van der Waals surface area contributed by atoms with Crippen molar-refractivity contribution in [3.8, 4) is 17.2 Å². The maximum atomic E-state index is 12.5. The number of oxazole rings is 1. The Labute approximate surface area is 198 Å². The summed E-state index contributed by atoms with van der Waals surface area (Å²) in [6.45, 7) is 4.30. The van der Waals surface area contributed by atoms with Crippen molar-refractivity contribution < 1.29 is 13.9 Å². The zero-order valence-electron chi connectivity index (χ0n) is 19.2. The fraction of sp³-hybridized carbons (Fsp3) is 0.172. The minimum Gasteiger partial charge on any atom is -0.484 e. The molecule has 0 aliphatic heterocycles. The van der Waals surface area contributed by atoms with Gasteiger partial charge in [0.2, 0.25) is 5.89 Å². The van der Waals surface area contributed by atoms with E-state index in [1.54, 1.807) is 0 Å². The number of carbonyl (C=O) groups excluding carboxylic acids is 1. The zero-order valence-corrected chi connectivity index (χ0v) is 19.2. The number of ether oxygens (including phenoxy) is 1. The van der Waals surface area contributed by atoms with Crippen LogP contribution in [0.15, 0.2) is 89.3 Å². The fourth-order valence-corrected chi connectivity index (χ4v) is 3.94. The number of aromatic nitrogens is 1. The summed E-state index contributed by atoms with van der Waals surface area (Å²) in [6, 6.07) is 27.5. The number of rotatable bonds is 7. The summed E-state index contributed by atoms with van der Waals surface area (Å²) in [6.07, 6.45) is 1.07. The van der Waals surface area contributed by atoms with Crippen molar-refractivity contribution in [2.75, 3.05) is 11.9 Å². The summed E-state index contributed by atoms with van der Waals surface area (Å²) in [4.78, 5) is 17.2. The van der Waals surface area contributed by atoms with Crippen molar-refractivity contribution in [1.29, 1.82) is 0 Å². The van der Waals surface area contributed by atoms with Crippen LogP contribution < -0.4 is 10.1 Å². The summed E-state index contributed by atoms with van der Waals surface area (Å²) in [5, 5.41) is 5.09. The molecule has 0 saturated heterocycles. The average Bonchev–Trinajstić information content (AvgIpc) is 3.30. The molecule has 0 spiro atoms. The molecular weight excluding hydrogens is 424 g/mol. The van der Waals surface area contributed by atoms with Gasteiger partial charge in [0.1, 0.15) is 11.3 Å². The molecule has 0 aliphatic rings. The van der Waals surface area contributed by atoms with Crippen molar-refractivity contribution in [1.82, 2.24) is 4.98 Å². The number of hydrogen-bond donors (Lipinski definition) is 1. The molecule has 1 N–H and O–H groups in total. The minimum absolute atomic E-state index is 0.0795. The van der Waals surface area contributed by atoms with E-state index in [0.717, 1.165) is 33.9 Å². The van der Waals surface area contributed by atoms with Crippen LogP contribution in [-0.4, -0.2) is 17.5 Å². The van der Waals surface area contributed by atoms with Gasteiger partial charge in [-0.05, 0) is 71.1 Å². The summed E-state index contributed by atoms with van der Waals surface area (Å²) >= 11 is 0. The first-order valence-electron chi connectivity index (χ1n) is 11.5. The second-order valence-electron chi connectivity index (χ2n) is 8.48. The Kier molecular flexibility index (Phi) is 6.00. The van der Waals surface area contributed by atoms with Gasteiger partial charge in [-0.15, -0.1) is 0 Å². The van der Waals surface area contributed by atoms with Gasteiger partial charge >= 0.3 is 0 Å². The molecule has 170 valence electrons. The van der Waals surface area contributed by atoms with Crippen LogP contribution in [0.1, 0.15) is 31.7 Å². The lowest BCUT2D eigenvalue weighted by atomic mass is 9.98. The molecule has 1 heterocycles. The molecule has 1 aromatic heterocycles. The van der Waals surface area contributed by atoms with E-state index in [-0.39, 0.29) is 12.5 Å². The van der Waals surface area contributed by atoms with E-state index < -0.39 is 0 Å². The first kappa shape index (κ1) is 21.7. The van der Waals surface area contributed by atoms with Gasteiger partial charge in [0.25, 0.3) is 5.91 Å². The Morgan fingerprint density at radius 2 is 1.82 bits per heavy atom. The Balaban J connectivity index is 1.27. The summed E-state index contributed by atoms with van der Waals surface area (Å²) < 4.78 is 11.7. The van der Waals surface area contributed by atoms with Crippen LogP contribution in [0.3, 0.4) is 0 Å². The SMILES string of the molecule is CCC(C)c1ccc2oc(-c3cccc(NC(=O)COc4ccc5ccccc5c4)c3)nc2c1. The van der Waals surface area contributed by atoms with Gasteiger partial charge in [0, 0.05) is 11.3 Å². The molecule has 1 unspecified atom stereocenters. The molecule has 4 aromatic carbocycles. The summed E-state index contributed by atoms with van der Waals surface area (Å²) in [5.41, 5.74) is 4.30. The van der Waals surface area contributed by atoms with Crippen LogP contribution in [0.5, 0.6) is 5.75 Å². The Morgan fingerprint density at radius 1 is 0.971 bits per heavy atom. The molecule has 1 amide bonds. The molecule has 5 heteroatoms. The number of nitrogens with one attached hydrogen (secondary N) is 1. The smallest absolute Gasteiger partial charge is 0.262 e. The zero-order chi connectivity index (χ0) is 23.5. The van der Waals surface area contributed by atoms with Crippen LogP contribution in [0, 0.1) is 0 Å². The van der Waals surface area contributed by atoms with Gasteiger partial charge in [-0.3, -0.25) is 4.79 Å². The highest BCUT2D eigenvalue weighted by Gasteiger charge is 2.12. The van der Waals surface area contributed by atoms with Gasteiger partial charge < -0.3 is 14.5 Å². The van der Waals surface area contributed by atoms with Crippen LogP contribution in [0.2, 0.25) is 0 Å². The van der Waals surface area contributed by atoms with E-state index in [2.05, 4.69) is 36.3 Å². The highest BCUT2D eigenvalue weighted by atomic mass is 16.5. The third-order valence-corrected chi connectivity index (χ3v) is 6.08.